The standard InChI is InChI=1S/C30H32N4S/c1-6-23-12-14-24(15-13-23)34-29(28(32-30(34)35)26-9-7-8-16-31-26)25-18-21(4)33(22(25)5)27-17-19(2)10-11-20(27)3/h7-18,28-29H,6H2,1-5H3,(H,32,35). The van der Waals surface area contributed by atoms with Crippen LogP contribution >= 0.6 is 12.2 Å². The summed E-state index contributed by atoms with van der Waals surface area (Å²) < 4.78 is 2.38. The van der Waals surface area contributed by atoms with Crippen LogP contribution in [-0.2, 0) is 6.42 Å². The van der Waals surface area contributed by atoms with Crippen LogP contribution in [0.5, 0.6) is 0 Å². The van der Waals surface area contributed by atoms with Crippen molar-refractivity contribution in [2.45, 2.75) is 53.1 Å². The number of aryl methyl sites for hydroxylation is 4. The van der Waals surface area contributed by atoms with E-state index in [0.29, 0.717) is 0 Å². The number of benzene rings is 2. The molecule has 5 rings (SSSR count). The van der Waals surface area contributed by atoms with Gasteiger partial charge in [-0.1, -0.05) is 37.3 Å². The van der Waals surface area contributed by atoms with Crippen molar-refractivity contribution in [3.63, 3.8) is 0 Å². The van der Waals surface area contributed by atoms with Gasteiger partial charge in [0.1, 0.15) is 0 Å². The second-order valence-electron chi connectivity index (χ2n) is 9.47. The highest BCUT2D eigenvalue weighted by atomic mass is 32.1. The topological polar surface area (TPSA) is 33.1 Å². The van der Waals surface area contributed by atoms with Gasteiger partial charge in [0.2, 0.25) is 0 Å². The van der Waals surface area contributed by atoms with Crippen LogP contribution < -0.4 is 10.2 Å². The van der Waals surface area contributed by atoms with E-state index in [2.05, 4.69) is 104 Å². The van der Waals surface area contributed by atoms with Gasteiger partial charge in [-0.25, -0.2) is 0 Å². The summed E-state index contributed by atoms with van der Waals surface area (Å²) in [5, 5.41) is 4.33. The van der Waals surface area contributed by atoms with Crippen molar-refractivity contribution >= 4 is 23.0 Å². The molecule has 1 fully saturated rings. The molecule has 2 atom stereocenters. The van der Waals surface area contributed by atoms with Gasteiger partial charge < -0.3 is 14.8 Å². The Hall–Kier alpha value is -3.44. The van der Waals surface area contributed by atoms with Crippen LogP contribution in [0.2, 0.25) is 0 Å². The molecule has 2 aromatic heterocycles. The number of pyridine rings is 1. The van der Waals surface area contributed by atoms with Gasteiger partial charge >= 0.3 is 0 Å². The van der Waals surface area contributed by atoms with Crippen molar-refractivity contribution < 1.29 is 0 Å². The third kappa shape index (κ3) is 4.14. The first-order chi connectivity index (χ1) is 16.9. The lowest BCUT2D eigenvalue weighted by atomic mass is 9.96. The smallest absolute Gasteiger partial charge is 0.174 e. The van der Waals surface area contributed by atoms with E-state index in [9.17, 15) is 0 Å². The van der Waals surface area contributed by atoms with Crippen LogP contribution in [0, 0.1) is 27.7 Å². The predicted octanol–water partition coefficient (Wildman–Crippen LogP) is 6.85. The molecular formula is C30H32N4S. The second kappa shape index (κ2) is 9.31. The van der Waals surface area contributed by atoms with Crippen molar-refractivity contribution in [2.75, 3.05) is 4.90 Å². The fraction of sp³-hybridized carbons (Fsp3) is 0.267. The van der Waals surface area contributed by atoms with Gasteiger partial charge in [0, 0.05) is 29.0 Å². The number of anilines is 1. The lowest BCUT2D eigenvalue weighted by Gasteiger charge is -2.28. The molecule has 1 aliphatic heterocycles. The lowest BCUT2D eigenvalue weighted by Crippen LogP contribution is -2.29. The fourth-order valence-electron chi connectivity index (χ4n) is 5.26. The van der Waals surface area contributed by atoms with Crippen LogP contribution in [-0.4, -0.2) is 14.7 Å². The summed E-state index contributed by atoms with van der Waals surface area (Å²) in [4.78, 5) is 6.98. The van der Waals surface area contributed by atoms with Gasteiger partial charge in [0.05, 0.1) is 17.8 Å². The van der Waals surface area contributed by atoms with Crippen LogP contribution in [0.1, 0.15) is 58.3 Å². The number of hydrogen-bond donors (Lipinski definition) is 1. The second-order valence-corrected chi connectivity index (χ2v) is 9.86. The third-order valence-electron chi connectivity index (χ3n) is 7.12. The minimum Gasteiger partial charge on any atom is -0.351 e. The number of nitrogens with one attached hydrogen (secondary N) is 1. The maximum Gasteiger partial charge on any atom is 0.174 e. The Kier molecular flexibility index (Phi) is 6.20. The zero-order chi connectivity index (χ0) is 24.7. The van der Waals surface area contributed by atoms with E-state index in [0.717, 1.165) is 22.9 Å². The van der Waals surface area contributed by atoms with Gasteiger partial charge in [-0.15, -0.1) is 0 Å². The van der Waals surface area contributed by atoms with Gasteiger partial charge in [-0.2, -0.15) is 0 Å². The highest BCUT2D eigenvalue weighted by Gasteiger charge is 2.42. The number of thiocarbonyl (C=S) groups is 1. The van der Waals surface area contributed by atoms with Gasteiger partial charge in [0.25, 0.3) is 0 Å². The summed E-state index contributed by atoms with van der Waals surface area (Å²) in [7, 11) is 0. The lowest BCUT2D eigenvalue weighted by molar-refractivity contribution is 0.565. The molecule has 0 radical (unpaired) electrons. The molecule has 1 aliphatic rings. The Balaban J connectivity index is 1.68. The van der Waals surface area contributed by atoms with E-state index >= 15 is 0 Å². The zero-order valence-electron chi connectivity index (χ0n) is 21.0. The van der Waals surface area contributed by atoms with Crippen LogP contribution in [0.3, 0.4) is 0 Å². The average Bonchev–Trinajstić information content (AvgIpc) is 3.36. The van der Waals surface area contributed by atoms with E-state index in [1.54, 1.807) is 0 Å². The van der Waals surface area contributed by atoms with Crippen molar-refractivity contribution in [3.8, 4) is 5.69 Å². The first-order valence-corrected chi connectivity index (χ1v) is 12.7. The van der Waals surface area contributed by atoms with Gasteiger partial charge in [0.15, 0.2) is 5.11 Å². The predicted molar refractivity (Wildman–Crippen MR) is 148 cm³/mol. The monoisotopic (exact) mass is 480 g/mol. The summed E-state index contributed by atoms with van der Waals surface area (Å²) in [6, 6.07) is 23.7. The Labute approximate surface area is 213 Å². The number of nitrogens with zero attached hydrogens (tertiary/aromatic N) is 3. The SMILES string of the molecule is CCc1ccc(N2C(=S)NC(c3ccccn3)C2c2cc(C)n(-c3cc(C)ccc3C)c2C)cc1. The third-order valence-corrected chi connectivity index (χ3v) is 7.43. The summed E-state index contributed by atoms with van der Waals surface area (Å²) in [5.41, 5.74) is 10.8. The van der Waals surface area contributed by atoms with Crippen LogP contribution in [0.15, 0.2) is 72.9 Å². The molecule has 1 saturated heterocycles. The Morgan fingerprint density at radius 1 is 0.943 bits per heavy atom. The normalized spacial score (nSPS) is 17.6. The minimum absolute atomic E-state index is 0.0186. The molecule has 0 amide bonds. The largest absolute Gasteiger partial charge is 0.351 e. The van der Waals surface area contributed by atoms with Crippen molar-refractivity contribution in [2.24, 2.45) is 0 Å². The van der Waals surface area contributed by atoms with Crippen molar-refractivity contribution in [1.29, 1.82) is 0 Å². The maximum atomic E-state index is 5.93. The molecule has 1 N–H and O–H groups in total. The van der Waals surface area contributed by atoms with E-state index in [1.807, 2.05) is 18.3 Å². The molecule has 0 aliphatic carbocycles. The molecule has 2 unspecified atom stereocenters. The van der Waals surface area contributed by atoms with Crippen LogP contribution in [0.25, 0.3) is 5.69 Å². The first kappa shape index (κ1) is 23.3. The van der Waals surface area contributed by atoms with E-state index in [1.165, 1.54) is 39.3 Å². The van der Waals surface area contributed by atoms with Crippen LogP contribution in [0.4, 0.5) is 5.69 Å². The van der Waals surface area contributed by atoms with E-state index < -0.39 is 0 Å². The number of aromatic nitrogens is 2. The van der Waals surface area contributed by atoms with Crippen molar-refractivity contribution in [1.82, 2.24) is 14.9 Å². The molecule has 4 nitrogen and oxygen atoms in total. The Bertz CT molecular complexity index is 1370. The zero-order valence-corrected chi connectivity index (χ0v) is 21.9. The Morgan fingerprint density at radius 3 is 2.40 bits per heavy atom. The minimum atomic E-state index is -0.0536. The quantitative estimate of drug-likeness (QED) is 0.317. The summed E-state index contributed by atoms with van der Waals surface area (Å²) in [6.45, 7) is 10.9. The summed E-state index contributed by atoms with van der Waals surface area (Å²) >= 11 is 5.93. The molecule has 3 heterocycles. The van der Waals surface area contributed by atoms with Gasteiger partial charge in [-0.05, 0) is 105 Å². The molecular weight excluding hydrogens is 448 g/mol. The van der Waals surface area contributed by atoms with E-state index in [4.69, 9.17) is 17.2 Å². The molecule has 4 aromatic rings. The maximum absolute atomic E-state index is 5.93. The molecule has 178 valence electrons. The molecule has 0 saturated carbocycles. The molecule has 5 heteroatoms. The highest BCUT2D eigenvalue weighted by Crippen LogP contribution is 2.44. The molecule has 0 spiro atoms. The van der Waals surface area contributed by atoms with E-state index in [-0.39, 0.29) is 12.1 Å². The van der Waals surface area contributed by atoms with Crippen molar-refractivity contribution in [3.05, 3.63) is 112 Å². The number of hydrogen-bond acceptors (Lipinski definition) is 2. The highest BCUT2D eigenvalue weighted by molar-refractivity contribution is 7.80. The molecule has 2 aromatic carbocycles. The number of rotatable bonds is 5. The fourth-order valence-corrected chi connectivity index (χ4v) is 5.61. The Morgan fingerprint density at radius 2 is 1.71 bits per heavy atom. The molecule has 35 heavy (non-hydrogen) atoms. The van der Waals surface area contributed by atoms with Gasteiger partial charge in [-0.3, -0.25) is 4.98 Å². The first-order valence-electron chi connectivity index (χ1n) is 12.2. The summed E-state index contributed by atoms with van der Waals surface area (Å²) in [6.07, 6.45) is 2.87. The average molecular weight is 481 g/mol. The molecule has 0 bridgehead atoms. The summed E-state index contributed by atoms with van der Waals surface area (Å²) in [5.74, 6) is 0.